The number of aromatic nitrogens is 2. The van der Waals surface area contributed by atoms with Crippen LogP contribution in [0.15, 0.2) is 40.9 Å². The van der Waals surface area contributed by atoms with Gasteiger partial charge in [0.25, 0.3) is 0 Å². The molecule has 0 saturated heterocycles. The number of aryl methyl sites for hydroxylation is 2. The highest BCUT2D eigenvalue weighted by atomic mass is 79.9. The van der Waals surface area contributed by atoms with Crippen molar-refractivity contribution in [1.82, 2.24) is 9.78 Å². The van der Waals surface area contributed by atoms with Gasteiger partial charge in [0, 0.05) is 4.88 Å². The summed E-state index contributed by atoms with van der Waals surface area (Å²) in [5.74, 6) is -0.318. The molecule has 0 amide bonds. The number of carbonyl (C=O) groups is 1. The zero-order valence-corrected chi connectivity index (χ0v) is 16.1. The van der Waals surface area contributed by atoms with Crippen LogP contribution in [0.3, 0.4) is 0 Å². The van der Waals surface area contributed by atoms with E-state index >= 15 is 0 Å². The molecule has 0 unspecified atom stereocenters. The van der Waals surface area contributed by atoms with Gasteiger partial charge in [-0.2, -0.15) is 5.10 Å². The zero-order chi connectivity index (χ0) is 17.3. The standard InChI is InChI=1S/C18H17BrN2O2S/c1-11-5-4-6-13(9-11)14-7-8-15(24-14)18-17(19)12(2)20-21(18)10-16(22)23-3/h4-9H,10H2,1-3H3. The average molecular weight is 405 g/mol. The van der Waals surface area contributed by atoms with Crippen molar-refractivity contribution in [3.05, 3.63) is 52.1 Å². The molecule has 24 heavy (non-hydrogen) atoms. The first-order chi connectivity index (χ1) is 11.5. The number of benzene rings is 1. The summed E-state index contributed by atoms with van der Waals surface area (Å²) in [7, 11) is 1.38. The summed E-state index contributed by atoms with van der Waals surface area (Å²) in [5.41, 5.74) is 4.18. The lowest BCUT2D eigenvalue weighted by Gasteiger charge is -2.05. The van der Waals surface area contributed by atoms with E-state index in [0.29, 0.717) is 0 Å². The number of thiophene rings is 1. The van der Waals surface area contributed by atoms with Crippen LogP contribution >= 0.6 is 27.3 Å². The van der Waals surface area contributed by atoms with Gasteiger partial charge >= 0.3 is 5.97 Å². The number of hydrogen-bond donors (Lipinski definition) is 0. The fourth-order valence-corrected chi connectivity index (χ4v) is 4.20. The molecule has 0 saturated carbocycles. The fourth-order valence-electron chi connectivity index (χ4n) is 2.51. The predicted octanol–water partition coefficient (Wildman–Crippen LogP) is 4.83. The van der Waals surface area contributed by atoms with Crippen molar-refractivity contribution >= 4 is 33.2 Å². The van der Waals surface area contributed by atoms with Crippen molar-refractivity contribution in [2.24, 2.45) is 0 Å². The Morgan fingerprint density at radius 1 is 1.25 bits per heavy atom. The minimum atomic E-state index is -0.318. The first-order valence-corrected chi connectivity index (χ1v) is 9.07. The predicted molar refractivity (Wildman–Crippen MR) is 100 cm³/mol. The number of esters is 1. The molecule has 0 aliphatic rings. The molecule has 3 rings (SSSR count). The minimum Gasteiger partial charge on any atom is -0.468 e. The highest BCUT2D eigenvalue weighted by molar-refractivity contribution is 9.10. The summed E-state index contributed by atoms with van der Waals surface area (Å²) in [6.45, 7) is 4.09. The molecule has 0 bridgehead atoms. The number of methoxy groups -OCH3 is 1. The zero-order valence-electron chi connectivity index (χ0n) is 13.7. The van der Waals surface area contributed by atoms with Gasteiger partial charge in [0.1, 0.15) is 6.54 Å². The van der Waals surface area contributed by atoms with E-state index in [4.69, 9.17) is 4.74 Å². The van der Waals surface area contributed by atoms with Gasteiger partial charge in [0.2, 0.25) is 0 Å². The van der Waals surface area contributed by atoms with Crippen LogP contribution in [0.1, 0.15) is 11.3 Å². The molecule has 0 fully saturated rings. The van der Waals surface area contributed by atoms with Crippen molar-refractivity contribution < 1.29 is 9.53 Å². The van der Waals surface area contributed by atoms with E-state index in [-0.39, 0.29) is 12.5 Å². The van der Waals surface area contributed by atoms with Crippen LogP contribution < -0.4 is 0 Å². The molecule has 2 heterocycles. The van der Waals surface area contributed by atoms with Crippen LogP contribution in [-0.2, 0) is 16.1 Å². The quantitative estimate of drug-likeness (QED) is 0.584. The van der Waals surface area contributed by atoms with Crippen molar-refractivity contribution in [2.75, 3.05) is 7.11 Å². The molecule has 0 radical (unpaired) electrons. The smallest absolute Gasteiger partial charge is 0.327 e. The maximum atomic E-state index is 11.7. The molecule has 6 heteroatoms. The third kappa shape index (κ3) is 3.30. The van der Waals surface area contributed by atoms with Crippen molar-refractivity contribution in [2.45, 2.75) is 20.4 Å². The van der Waals surface area contributed by atoms with E-state index in [9.17, 15) is 4.79 Å². The Hall–Kier alpha value is -1.92. The fraction of sp³-hybridized carbons (Fsp3) is 0.222. The van der Waals surface area contributed by atoms with Gasteiger partial charge in [-0.25, -0.2) is 0 Å². The van der Waals surface area contributed by atoms with E-state index < -0.39 is 0 Å². The molecule has 124 valence electrons. The lowest BCUT2D eigenvalue weighted by atomic mass is 10.1. The molecular formula is C18H17BrN2O2S. The summed E-state index contributed by atoms with van der Waals surface area (Å²) >= 11 is 5.28. The summed E-state index contributed by atoms with van der Waals surface area (Å²) in [4.78, 5) is 13.9. The Morgan fingerprint density at radius 2 is 2.00 bits per heavy atom. The maximum Gasteiger partial charge on any atom is 0.327 e. The van der Waals surface area contributed by atoms with Crippen LogP contribution in [0.25, 0.3) is 21.0 Å². The molecule has 0 aliphatic carbocycles. The lowest BCUT2D eigenvalue weighted by Crippen LogP contribution is -2.13. The Bertz CT molecular complexity index is 898. The molecule has 3 aromatic rings. The summed E-state index contributed by atoms with van der Waals surface area (Å²) in [6, 6.07) is 12.6. The first kappa shape index (κ1) is 16.9. The van der Waals surface area contributed by atoms with Gasteiger partial charge in [-0.15, -0.1) is 11.3 Å². The monoisotopic (exact) mass is 404 g/mol. The lowest BCUT2D eigenvalue weighted by molar-refractivity contribution is -0.141. The second-order valence-electron chi connectivity index (χ2n) is 5.52. The van der Waals surface area contributed by atoms with Gasteiger partial charge in [-0.3, -0.25) is 9.48 Å². The number of halogens is 1. The molecule has 0 N–H and O–H groups in total. The third-order valence-corrected chi connectivity index (χ3v) is 5.79. The molecule has 1 aromatic carbocycles. The molecule has 0 spiro atoms. The number of ether oxygens (including phenoxy) is 1. The number of hydrogen-bond acceptors (Lipinski definition) is 4. The number of rotatable bonds is 4. The van der Waals surface area contributed by atoms with Gasteiger partial charge in [-0.05, 0) is 47.5 Å². The topological polar surface area (TPSA) is 44.1 Å². The normalized spacial score (nSPS) is 10.8. The van der Waals surface area contributed by atoms with Crippen LogP contribution in [0.2, 0.25) is 0 Å². The summed E-state index contributed by atoms with van der Waals surface area (Å²) in [6.07, 6.45) is 0. The molecule has 0 aliphatic heterocycles. The van der Waals surface area contributed by atoms with Gasteiger partial charge in [-0.1, -0.05) is 29.8 Å². The Labute approximate surface area is 153 Å². The highest BCUT2D eigenvalue weighted by Crippen LogP contribution is 2.39. The van der Waals surface area contributed by atoms with Gasteiger partial charge in [0.05, 0.1) is 27.8 Å². The van der Waals surface area contributed by atoms with Crippen LogP contribution in [0.4, 0.5) is 0 Å². The van der Waals surface area contributed by atoms with Crippen LogP contribution in [0, 0.1) is 13.8 Å². The molecule has 0 atom stereocenters. The average Bonchev–Trinajstić information content (AvgIpc) is 3.13. The number of carbonyl (C=O) groups excluding carboxylic acids is 1. The maximum absolute atomic E-state index is 11.7. The van der Waals surface area contributed by atoms with E-state index in [1.54, 1.807) is 16.0 Å². The van der Waals surface area contributed by atoms with E-state index in [1.165, 1.54) is 23.1 Å². The van der Waals surface area contributed by atoms with E-state index in [2.05, 4.69) is 64.4 Å². The summed E-state index contributed by atoms with van der Waals surface area (Å²) in [5, 5.41) is 4.45. The Kier molecular flexibility index (Phi) is 4.87. The minimum absolute atomic E-state index is 0.0932. The molecular weight excluding hydrogens is 388 g/mol. The van der Waals surface area contributed by atoms with Crippen LogP contribution in [-0.4, -0.2) is 22.9 Å². The second kappa shape index (κ2) is 6.91. The SMILES string of the molecule is COC(=O)Cn1nc(C)c(Br)c1-c1ccc(-c2cccc(C)c2)s1. The van der Waals surface area contributed by atoms with Crippen molar-refractivity contribution in [3.8, 4) is 21.0 Å². The largest absolute Gasteiger partial charge is 0.468 e. The van der Waals surface area contributed by atoms with E-state index in [0.717, 1.165) is 20.7 Å². The van der Waals surface area contributed by atoms with Crippen LogP contribution in [0.5, 0.6) is 0 Å². The summed E-state index contributed by atoms with van der Waals surface area (Å²) < 4.78 is 7.37. The van der Waals surface area contributed by atoms with Gasteiger partial charge in [0.15, 0.2) is 0 Å². The molecule has 4 nitrogen and oxygen atoms in total. The van der Waals surface area contributed by atoms with Gasteiger partial charge < -0.3 is 4.74 Å². The van der Waals surface area contributed by atoms with Crippen molar-refractivity contribution in [3.63, 3.8) is 0 Å². The number of nitrogens with zero attached hydrogens (tertiary/aromatic N) is 2. The molecule has 2 aromatic heterocycles. The second-order valence-corrected chi connectivity index (χ2v) is 7.39. The van der Waals surface area contributed by atoms with E-state index in [1.807, 2.05) is 6.92 Å². The Morgan fingerprint density at radius 3 is 2.71 bits per heavy atom. The first-order valence-electron chi connectivity index (χ1n) is 7.46. The highest BCUT2D eigenvalue weighted by Gasteiger charge is 2.19. The van der Waals surface area contributed by atoms with Crippen molar-refractivity contribution in [1.29, 1.82) is 0 Å². The third-order valence-electron chi connectivity index (χ3n) is 3.70. The Balaban J connectivity index is 2.02.